The van der Waals surface area contributed by atoms with E-state index in [2.05, 4.69) is 20.2 Å². The van der Waals surface area contributed by atoms with Gasteiger partial charge in [-0.1, -0.05) is 0 Å². The molecule has 22 heavy (non-hydrogen) atoms. The van der Waals surface area contributed by atoms with E-state index in [0.717, 1.165) is 0 Å². The molecule has 1 aromatic carbocycles. The predicted octanol–water partition coefficient (Wildman–Crippen LogP) is 3.40. The van der Waals surface area contributed by atoms with Crippen molar-refractivity contribution in [2.45, 2.75) is 6.43 Å². The van der Waals surface area contributed by atoms with Crippen molar-refractivity contribution >= 4 is 0 Å². The van der Waals surface area contributed by atoms with E-state index >= 15 is 0 Å². The first-order chi connectivity index (χ1) is 10.6. The minimum Gasteiger partial charge on any atom is -0.424 e. The van der Waals surface area contributed by atoms with Crippen molar-refractivity contribution in [2.24, 2.45) is 0 Å². The number of aromatic nitrogens is 4. The van der Waals surface area contributed by atoms with Crippen molar-refractivity contribution in [3.05, 3.63) is 48.4 Å². The molecule has 0 fully saturated rings. The lowest BCUT2D eigenvalue weighted by molar-refractivity contribution is 0.116. The first-order valence-corrected chi connectivity index (χ1v) is 5.99. The molecule has 0 spiro atoms. The summed E-state index contributed by atoms with van der Waals surface area (Å²) in [6, 6.07) is 5.30. The van der Waals surface area contributed by atoms with Crippen LogP contribution in [0.15, 0.2) is 41.1 Å². The van der Waals surface area contributed by atoms with Crippen molar-refractivity contribution < 1.29 is 22.3 Å². The van der Waals surface area contributed by atoms with Crippen molar-refractivity contribution in [2.75, 3.05) is 0 Å². The second-order valence-corrected chi connectivity index (χ2v) is 4.06. The van der Waals surface area contributed by atoms with Crippen LogP contribution >= 0.6 is 0 Å². The van der Waals surface area contributed by atoms with Crippen molar-refractivity contribution in [3.8, 4) is 23.2 Å². The third-order valence-corrected chi connectivity index (χ3v) is 2.53. The number of halogens is 3. The van der Waals surface area contributed by atoms with E-state index in [1.807, 2.05) is 0 Å². The van der Waals surface area contributed by atoms with Crippen LogP contribution in [-0.2, 0) is 0 Å². The van der Waals surface area contributed by atoms with Crippen LogP contribution in [0, 0.1) is 5.82 Å². The summed E-state index contributed by atoms with van der Waals surface area (Å²) in [5.74, 6) is -0.938. The van der Waals surface area contributed by atoms with Gasteiger partial charge in [-0.3, -0.25) is 0 Å². The first kappa shape index (κ1) is 14.0. The lowest BCUT2D eigenvalue weighted by Gasteiger charge is -2.03. The topological polar surface area (TPSA) is 73.9 Å². The van der Waals surface area contributed by atoms with Crippen molar-refractivity contribution in [1.82, 2.24) is 20.2 Å². The van der Waals surface area contributed by atoms with Gasteiger partial charge in [-0.05, 0) is 24.3 Å². The summed E-state index contributed by atoms with van der Waals surface area (Å²) in [5.41, 5.74) is 0.269. The fourth-order valence-corrected chi connectivity index (χ4v) is 1.53. The highest BCUT2D eigenvalue weighted by Gasteiger charge is 2.17. The number of ether oxygens (including phenoxy) is 1. The number of alkyl halides is 2. The minimum absolute atomic E-state index is 0.00366. The van der Waals surface area contributed by atoms with Crippen LogP contribution in [-0.4, -0.2) is 20.2 Å². The lowest BCUT2D eigenvalue weighted by Crippen LogP contribution is -1.92. The maximum atomic E-state index is 12.8. The van der Waals surface area contributed by atoms with Crippen LogP contribution in [0.4, 0.5) is 13.2 Å². The summed E-state index contributed by atoms with van der Waals surface area (Å²) < 4.78 is 47.5. The molecule has 0 unspecified atom stereocenters. The average molecular weight is 308 g/mol. The molecule has 9 heteroatoms. The SMILES string of the molecule is Fc1ccc(Oc2ncc(-c3nnc(C(F)F)o3)cn2)cc1. The largest absolute Gasteiger partial charge is 0.424 e. The van der Waals surface area contributed by atoms with Gasteiger partial charge in [0.15, 0.2) is 0 Å². The van der Waals surface area contributed by atoms with Crippen LogP contribution in [0.2, 0.25) is 0 Å². The molecule has 0 bridgehead atoms. The van der Waals surface area contributed by atoms with Gasteiger partial charge in [-0.25, -0.2) is 14.4 Å². The second-order valence-electron chi connectivity index (χ2n) is 4.06. The van der Waals surface area contributed by atoms with Crippen LogP contribution < -0.4 is 4.74 Å². The van der Waals surface area contributed by atoms with Crippen molar-refractivity contribution in [3.63, 3.8) is 0 Å². The molecule has 0 amide bonds. The molecule has 0 aliphatic heterocycles. The number of nitrogens with zero attached hydrogens (tertiary/aromatic N) is 4. The molecule has 0 saturated heterocycles. The fraction of sp³-hybridized carbons (Fsp3) is 0.0769. The Hall–Kier alpha value is -2.97. The van der Waals surface area contributed by atoms with E-state index in [9.17, 15) is 13.2 Å². The zero-order valence-corrected chi connectivity index (χ0v) is 10.8. The first-order valence-electron chi connectivity index (χ1n) is 5.99. The molecule has 3 rings (SSSR count). The number of hydrogen-bond donors (Lipinski definition) is 0. The summed E-state index contributed by atoms with van der Waals surface area (Å²) >= 11 is 0. The highest BCUT2D eigenvalue weighted by Crippen LogP contribution is 2.23. The zero-order valence-electron chi connectivity index (χ0n) is 10.8. The van der Waals surface area contributed by atoms with Crippen LogP contribution in [0.25, 0.3) is 11.5 Å². The van der Waals surface area contributed by atoms with Crippen LogP contribution in [0.1, 0.15) is 12.3 Å². The van der Waals surface area contributed by atoms with Gasteiger partial charge >= 0.3 is 12.4 Å². The molecular weight excluding hydrogens is 301 g/mol. The van der Waals surface area contributed by atoms with Crippen molar-refractivity contribution in [1.29, 1.82) is 0 Å². The van der Waals surface area contributed by atoms with Gasteiger partial charge in [0.25, 0.3) is 11.8 Å². The molecule has 0 saturated carbocycles. The average Bonchev–Trinajstić information content (AvgIpc) is 3.00. The van der Waals surface area contributed by atoms with Gasteiger partial charge in [-0.2, -0.15) is 8.78 Å². The minimum atomic E-state index is -2.84. The summed E-state index contributed by atoms with van der Waals surface area (Å²) in [6.45, 7) is 0. The summed E-state index contributed by atoms with van der Waals surface area (Å²) in [6.07, 6.45) is -0.272. The number of benzene rings is 1. The molecule has 3 aromatic rings. The van der Waals surface area contributed by atoms with Gasteiger partial charge < -0.3 is 9.15 Å². The predicted molar refractivity (Wildman–Crippen MR) is 66.8 cm³/mol. The van der Waals surface area contributed by atoms with Gasteiger partial charge in [-0.15, -0.1) is 10.2 Å². The molecule has 0 atom stereocenters. The van der Waals surface area contributed by atoms with E-state index < -0.39 is 18.1 Å². The van der Waals surface area contributed by atoms with E-state index in [4.69, 9.17) is 9.15 Å². The van der Waals surface area contributed by atoms with Crippen LogP contribution in [0.3, 0.4) is 0 Å². The quantitative estimate of drug-likeness (QED) is 0.735. The zero-order chi connectivity index (χ0) is 15.5. The van der Waals surface area contributed by atoms with Gasteiger partial charge in [0.2, 0.25) is 0 Å². The molecule has 2 heterocycles. The van der Waals surface area contributed by atoms with Gasteiger partial charge in [0.05, 0.1) is 5.56 Å². The maximum absolute atomic E-state index is 12.8. The highest BCUT2D eigenvalue weighted by molar-refractivity contribution is 5.49. The highest BCUT2D eigenvalue weighted by atomic mass is 19.3. The summed E-state index contributed by atoms with van der Waals surface area (Å²) in [7, 11) is 0. The molecule has 2 aromatic heterocycles. The molecular formula is C13H7F3N4O2. The third-order valence-electron chi connectivity index (χ3n) is 2.53. The fourth-order valence-electron chi connectivity index (χ4n) is 1.53. The number of hydrogen-bond acceptors (Lipinski definition) is 6. The van der Waals surface area contributed by atoms with Gasteiger partial charge in [0.1, 0.15) is 11.6 Å². The standard InChI is InChI=1S/C13H7F3N4O2/c14-8-1-3-9(4-2-8)21-13-17-5-7(6-18-13)11-19-20-12(22-11)10(15)16/h1-6,10H. The molecule has 0 aliphatic carbocycles. The summed E-state index contributed by atoms with van der Waals surface area (Å²) in [4.78, 5) is 7.77. The van der Waals surface area contributed by atoms with Gasteiger partial charge in [0, 0.05) is 12.4 Å². The van der Waals surface area contributed by atoms with Crippen LogP contribution in [0.5, 0.6) is 11.8 Å². The number of rotatable bonds is 4. The Morgan fingerprint density at radius 1 is 1.00 bits per heavy atom. The monoisotopic (exact) mass is 308 g/mol. The molecule has 0 N–H and O–H groups in total. The maximum Gasteiger partial charge on any atom is 0.321 e. The normalized spacial score (nSPS) is 10.9. The van der Waals surface area contributed by atoms with E-state index in [1.54, 1.807) is 0 Å². The third kappa shape index (κ3) is 3.03. The lowest BCUT2D eigenvalue weighted by atomic mass is 10.3. The Morgan fingerprint density at radius 2 is 1.68 bits per heavy atom. The Labute approximate surface area is 121 Å². The Bertz CT molecular complexity index is 760. The Kier molecular flexibility index (Phi) is 3.69. The molecule has 112 valence electrons. The summed E-state index contributed by atoms with van der Waals surface area (Å²) in [5, 5.41) is 6.67. The van der Waals surface area contributed by atoms with E-state index in [0.29, 0.717) is 5.75 Å². The second kappa shape index (κ2) is 5.80. The van der Waals surface area contributed by atoms with E-state index in [1.165, 1.54) is 36.7 Å². The van der Waals surface area contributed by atoms with E-state index in [-0.39, 0.29) is 17.5 Å². The smallest absolute Gasteiger partial charge is 0.321 e. The Morgan fingerprint density at radius 3 is 2.27 bits per heavy atom. The molecule has 6 nitrogen and oxygen atoms in total. The molecule has 0 radical (unpaired) electrons. The molecule has 0 aliphatic rings. The Balaban J connectivity index is 1.75.